The first-order chi connectivity index (χ1) is 20.0. The zero-order chi connectivity index (χ0) is 29.6. The Hall–Kier alpha value is -3.46. The van der Waals surface area contributed by atoms with E-state index in [2.05, 4.69) is 60.1 Å². The number of hydrogen-bond acceptors (Lipinski definition) is 4. The van der Waals surface area contributed by atoms with Crippen LogP contribution in [0.25, 0.3) is 22.0 Å². The molecular weight excluding hydrogens is 562 g/mol. The SMILES string of the molecule is CC(C)(C)[Si](C)(C)OCCn1cc(C(=O)c2ccn3c2CSC3c2cccnc2)c2ccc(-c3ccc(F)cc3)cc21. The summed E-state index contributed by atoms with van der Waals surface area (Å²) in [5, 5.41) is 1.14. The van der Waals surface area contributed by atoms with Crippen molar-refractivity contribution in [2.75, 3.05) is 6.61 Å². The molecule has 0 spiro atoms. The quantitative estimate of drug-likeness (QED) is 0.133. The van der Waals surface area contributed by atoms with Gasteiger partial charge in [0.2, 0.25) is 0 Å². The molecule has 1 unspecified atom stereocenters. The molecule has 1 aliphatic rings. The Morgan fingerprint density at radius 3 is 2.55 bits per heavy atom. The van der Waals surface area contributed by atoms with Gasteiger partial charge in [0, 0.05) is 70.4 Å². The summed E-state index contributed by atoms with van der Waals surface area (Å²) in [6.45, 7) is 12.4. The van der Waals surface area contributed by atoms with Gasteiger partial charge in [0.05, 0.1) is 6.61 Å². The molecule has 0 radical (unpaired) electrons. The number of benzene rings is 2. The number of carbonyl (C=O) groups excluding carboxylic acids is 1. The maximum Gasteiger partial charge on any atom is 0.197 e. The molecule has 0 aliphatic carbocycles. The molecule has 0 saturated heterocycles. The Kier molecular flexibility index (Phi) is 7.49. The van der Waals surface area contributed by atoms with Crippen LogP contribution < -0.4 is 0 Å². The summed E-state index contributed by atoms with van der Waals surface area (Å²) >= 11 is 1.81. The molecule has 5 aromatic rings. The topological polar surface area (TPSA) is 49.0 Å². The Morgan fingerprint density at radius 1 is 1.07 bits per heavy atom. The van der Waals surface area contributed by atoms with Crippen LogP contribution in [0.15, 0.2) is 85.5 Å². The second kappa shape index (κ2) is 11.0. The van der Waals surface area contributed by atoms with Crippen molar-refractivity contribution in [2.24, 2.45) is 0 Å². The van der Waals surface area contributed by atoms with E-state index in [-0.39, 0.29) is 22.0 Å². The predicted molar refractivity (Wildman–Crippen MR) is 172 cm³/mol. The second-order valence-electron chi connectivity index (χ2n) is 12.4. The second-order valence-corrected chi connectivity index (χ2v) is 18.3. The molecule has 1 aliphatic heterocycles. The van der Waals surface area contributed by atoms with Crippen LogP contribution in [0.1, 0.15) is 53.3 Å². The van der Waals surface area contributed by atoms with E-state index in [9.17, 15) is 9.18 Å². The lowest BCUT2D eigenvalue weighted by molar-refractivity contribution is 0.103. The minimum atomic E-state index is -1.93. The molecular formula is C34H36FN3O2SSi. The van der Waals surface area contributed by atoms with E-state index >= 15 is 0 Å². The van der Waals surface area contributed by atoms with E-state index in [0.717, 1.165) is 44.6 Å². The number of carbonyl (C=O) groups is 1. The molecule has 216 valence electrons. The molecule has 5 nitrogen and oxygen atoms in total. The number of nitrogens with zero attached hydrogens (tertiary/aromatic N) is 3. The molecule has 6 rings (SSSR count). The lowest BCUT2D eigenvalue weighted by Crippen LogP contribution is -2.41. The van der Waals surface area contributed by atoms with E-state index in [4.69, 9.17) is 4.43 Å². The fraction of sp³-hybridized carbons (Fsp3) is 0.294. The lowest BCUT2D eigenvalue weighted by atomic mass is 10.00. The summed E-state index contributed by atoms with van der Waals surface area (Å²) in [4.78, 5) is 18.5. The van der Waals surface area contributed by atoms with Crippen molar-refractivity contribution in [1.82, 2.24) is 14.1 Å². The molecule has 3 aromatic heterocycles. The third-order valence-corrected chi connectivity index (χ3v) is 14.6. The molecule has 0 N–H and O–H groups in total. The van der Waals surface area contributed by atoms with Crippen LogP contribution >= 0.6 is 11.8 Å². The fourth-order valence-corrected chi connectivity index (χ4v) is 7.66. The molecule has 0 fully saturated rings. The summed E-state index contributed by atoms with van der Waals surface area (Å²) < 4.78 is 24.5. The Labute approximate surface area is 251 Å². The first-order valence-corrected chi connectivity index (χ1v) is 18.3. The van der Waals surface area contributed by atoms with Crippen molar-refractivity contribution in [1.29, 1.82) is 0 Å². The van der Waals surface area contributed by atoms with Crippen LogP contribution in [0.3, 0.4) is 0 Å². The van der Waals surface area contributed by atoms with Crippen molar-refractivity contribution < 1.29 is 13.6 Å². The highest BCUT2D eigenvalue weighted by atomic mass is 32.2. The van der Waals surface area contributed by atoms with Crippen LogP contribution in [0.2, 0.25) is 18.1 Å². The highest BCUT2D eigenvalue weighted by Crippen LogP contribution is 2.43. The van der Waals surface area contributed by atoms with Gasteiger partial charge in [-0.1, -0.05) is 51.1 Å². The number of rotatable bonds is 8. The third-order valence-electron chi connectivity index (χ3n) is 8.77. The summed E-state index contributed by atoms with van der Waals surface area (Å²) in [6.07, 6.45) is 7.69. The van der Waals surface area contributed by atoms with Crippen molar-refractivity contribution in [3.63, 3.8) is 0 Å². The van der Waals surface area contributed by atoms with Crippen LogP contribution in [-0.2, 0) is 16.7 Å². The molecule has 2 aromatic carbocycles. The summed E-state index contributed by atoms with van der Waals surface area (Å²) in [5.41, 5.74) is 6.48. The number of ketones is 1. The molecule has 0 saturated carbocycles. The first kappa shape index (κ1) is 28.6. The highest BCUT2D eigenvalue weighted by Gasteiger charge is 2.37. The minimum absolute atomic E-state index is 0.0276. The monoisotopic (exact) mass is 597 g/mol. The average molecular weight is 598 g/mol. The number of hydrogen-bond donors (Lipinski definition) is 0. The van der Waals surface area contributed by atoms with Gasteiger partial charge in [-0.15, -0.1) is 11.8 Å². The van der Waals surface area contributed by atoms with E-state index in [1.165, 1.54) is 12.1 Å². The summed E-state index contributed by atoms with van der Waals surface area (Å²) in [6, 6.07) is 18.7. The maximum atomic E-state index is 14.2. The van der Waals surface area contributed by atoms with Gasteiger partial charge in [-0.3, -0.25) is 9.78 Å². The molecule has 1 atom stereocenters. The number of fused-ring (bicyclic) bond motifs is 2. The van der Waals surface area contributed by atoms with E-state index in [0.29, 0.717) is 18.7 Å². The number of pyridine rings is 1. The number of halogens is 1. The third kappa shape index (κ3) is 5.27. The van der Waals surface area contributed by atoms with E-state index in [1.54, 1.807) is 18.3 Å². The van der Waals surface area contributed by atoms with Crippen LogP contribution in [0.4, 0.5) is 4.39 Å². The standard InChI is InChI=1S/C34H36FN3O2SSi/c1-34(2,3)42(4,5)40-18-17-37-21-29(27-13-10-24(19-30(27)37)23-8-11-26(35)12-9-23)32(39)28-14-16-38-31(28)22-41-33(38)25-7-6-15-36-20-25/h6-16,19-21,33H,17-18,22H2,1-5H3. The van der Waals surface area contributed by atoms with Crippen molar-refractivity contribution >= 4 is 36.8 Å². The van der Waals surface area contributed by atoms with Crippen molar-refractivity contribution in [3.05, 3.63) is 114 Å². The van der Waals surface area contributed by atoms with Gasteiger partial charge in [0.15, 0.2) is 14.1 Å². The van der Waals surface area contributed by atoms with Gasteiger partial charge in [-0.05, 0) is 59.6 Å². The zero-order valence-electron chi connectivity index (χ0n) is 24.7. The summed E-state index contributed by atoms with van der Waals surface area (Å²) in [7, 11) is -1.93. The predicted octanol–water partition coefficient (Wildman–Crippen LogP) is 8.69. The molecule has 0 bridgehead atoms. The normalized spacial score (nSPS) is 15.3. The fourth-order valence-electron chi connectivity index (χ4n) is 5.32. The Balaban J connectivity index is 1.36. The van der Waals surface area contributed by atoms with E-state index in [1.807, 2.05) is 54.6 Å². The minimum Gasteiger partial charge on any atom is -0.415 e. The van der Waals surface area contributed by atoms with Gasteiger partial charge >= 0.3 is 0 Å². The van der Waals surface area contributed by atoms with Gasteiger partial charge in [0.1, 0.15) is 11.2 Å². The van der Waals surface area contributed by atoms with Crippen LogP contribution in [0, 0.1) is 5.82 Å². The zero-order valence-corrected chi connectivity index (χ0v) is 26.5. The molecule has 42 heavy (non-hydrogen) atoms. The van der Waals surface area contributed by atoms with Gasteiger partial charge in [-0.25, -0.2) is 4.39 Å². The molecule has 8 heteroatoms. The maximum absolute atomic E-state index is 14.2. The molecule has 4 heterocycles. The van der Waals surface area contributed by atoms with Crippen LogP contribution in [-0.4, -0.2) is 34.8 Å². The van der Waals surface area contributed by atoms with Crippen molar-refractivity contribution in [3.8, 4) is 11.1 Å². The average Bonchev–Trinajstić information content (AvgIpc) is 3.67. The van der Waals surface area contributed by atoms with Crippen LogP contribution in [0.5, 0.6) is 0 Å². The lowest BCUT2D eigenvalue weighted by Gasteiger charge is -2.36. The largest absolute Gasteiger partial charge is 0.415 e. The van der Waals surface area contributed by atoms with Gasteiger partial charge in [-0.2, -0.15) is 0 Å². The smallest absolute Gasteiger partial charge is 0.197 e. The number of thioether (sulfide) groups is 1. The van der Waals surface area contributed by atoms with Gasteiger partial charge in [0.25, 0.3) is 0 Å². The Morgan fingerprint density at radius 2 is 1.83 bits per heavy atom. The summed E-state index contributed by atoms with van der Waals surface area (Å²) in [5.74, 6) is 0.532. The van der Waals surface area contributed by atoms with E-state index < -0.39 is 8.32 Å². The van der Waals surface area contributed by atoms with Crippen molar-refractivity contribution in [2.45, 2.75) is 56.6 Å². The first-order valence-electron chi connectivity index (χ1n) is 14.3. The molecule has 0 amide bonds. The highest BCUT2D eigenvalue weighted by molar-refractivity contribution is 7.99. The Bertz CT molecular complexity index is 1750. The van der Waals surface area contributed by atoms with Gasteiger partial charge < -0.3 is 13.6 Å². The number of aromatic nitrogens is 3.